The zero-order valence-electron chi connectivity index (χ0n) is 14.8. The Labute approximate surface area is 145 Å². The van der Waals surface area contributed by atoms with Gasteiger partial charge in [-0.1, -0.05) is 61.7 Å². The van der Waals surface area contributed by atoms with Crippen molar-refractivity contribution in [3.8, 4) is 0 Å². The minimum atomic E-state index is -0.156. The number of halogens is 1. The molecule has 0 saturated heterocycles. The first-order valence-electron chi connectivity index (χ1n) is 9.07. The average Bonchev–Trinajstić information content (AvgIpc) is 2.58. The summed E-state index contributed by atoms with van der Waals surface area (Å²) >= 11 is 0. The van der Waals surface area contributed by atoms with Crippen LogP contribution in [0.2, 0.25) is 0 Å². The predicted octanol–water partition coefficient (Wildman–Crippen LogP) is 5.62. The molecule has 0 radical (unpaired) electrons. The van der Waals surface area contributed by atoms with Crippen LogP contribution in [-0.2, 0) is 6.42 Å². The Hall–Kier alpha value is -1.67. The molecule has 1 atom stereocenters. The van der Waals surface area contributed by atoms with Crippen molar-refractivity contribution in [1.29, 1.82) is 0 Å². The van der Waals surface area contributed by atoms with Gasteiger partial charge in [0, 0.05) is 6.04 Å². The van der Waals surface area contributed by atoms with Crippen LogP contribution in [0.1, 0.15) is 49.3 Å². The van der Waals surface area contributed by atoms with Gasteiger partial charge in [0.2, 0.25) is 0 Å². The summed E-state index contributed by atoms with van der Waals surface area (Å²) in [6.45, 7) is 0. The molecule has 1 aliphatic rings. The zero-order valence-corrected chi connectivity index (χ0v) is 14.8. The summed E-state index contributed by atoms with van der Waals surface area (Å²) in [6, 6.07) is 18.3. The van der Waals surface area contributed by atoms with Crippen LogP contribution in [0.25, 0.3) is 0 Å². The summed E-state index contributed by atoms with van der Waals surface area (Å²) in [5.41, 5.74) is 2.87. The Kier molecular flexibility index (Phi) is 5.35. The summed E-state index contributed by atoms with van der Waals surface area (Å²) in [6.07, 6.45) is 7.48. The van der Waals surface area contributed by atoms with E-state index in [1.54, 1.807) is 12.1 Å². The smallest absolute Gasteiger partial charge is 0.123 e. The molecule has 2 heteroatoms. The summed E-state index contributed by atoms with van der Waals surface area (Å²) in [5, 5.41) is 0. The van der Waals surface area contributed by atoms with Gasteiger partial charge in [0.25, 0.3) is 0 Å². The van der Waals surface area contributed by atoms with Crippen molar-refractivity contribution in [2.24, 2.45) is 5.41 Å². The lowest BCUT2D eigenvalue weighted by molar-refractivity contribution is 0.0574. The van der Waals surface area contributed by atoms with E-state index in [1.807, 2.05) is 12.1 Å². The van der Waals surface area contributed by atoms with Crippen LogP contribution in [0, 0.1) is 11.2 Å². The van der Waals surface area contributed by atoms with Crippen molar-refractivity contribution in [3.05, 3.63) is 71.5 Å². The molecule has 1 aliphatic carbocycles. The van der Waals surface area contributed by atoms with E-state index in [9.17, 15) is 4.39 Å². The quantitative estimate of drug-likeness (QED) is 0.689. The molecule has 24 heavy (non-hydrogen) atoms. The molecule has 3 rings (SSSR count). The van der Waals surface area contributed by atoms with Crippen LogP contribution in [0.15, 0.2) is 54.6 Å². The molecule has 128 valence electrons. The summed E-state index contributed by atoms with van der Waals surface area (Å²) < 4.78 is 13.4. The first kappa shape index (κ1) is 17.2. The van der Waals surface area contributed by atoms with Gasteiger partial charge in [0.05, 0.1) is 0 Å². The highest BCUT2D eigenvalue weighted by Gasteiger charge is 2.41. The molecule has 0 spiro atoms. The van der Waals surface area contributed by atoms with E-state index in [-0.39, 0.29) is 11.2 Å². The molecule has 1 saturated carbocycles. The summed E-state index contributed by atoms with van der Waals surface area (Å²) in [7, 11) is 4.32. The fraction of sp³-hybridized carbons (Fsp3) is 0.455. The number of rotatable bonds is 5. The highest BCUT2D eigenvalue weighted by molar-refractivity contribution is 5.25. The summed E-state index contributed by atoms with van der Waals surface area (Å²) in [4.78, 5) is 2.33. The Morgan fingerprint density at radius 3 is 2.12 bits per heavy atom. The van der Waals surface area contributed by atoms with Crippen LogP contribution in [0.5, 0.6) is 0 Å². The van der Waals surface area contributed by atoms with Gasteiger partial charge in [-0.3, -0.25) is 0 Å². The van der Waals surface area contributed by atoms with Gasteiger partial charge in [-0.2, -0.15) is 0 Å². The van der Waals surface area contributed by atoms with Gasteiger partial charge in [0.1, 0.15) is 5.82 Å². The van der Waals surface area contributed by atoms with Crippen LogP contribution in [0.4, 0.5) is 4.39 Å². The Morgan fingerprint density at radius 2 is 1.54 bits per heavy atom. The third-order valence-corrected chi connectivity index (χ3v) is 5.53. The van der Waals surface area contributed by atoms with E-state index >= 15 is 0 Å². The average molecular weight is 325 g/mol. The van der Waals surface area contributed by atoms with Crippen molar-refractivity contribution in [3.63, 3.8) is 0 Å². The molecule has 2 aromatic carbocycles. The van der Waals surface area contributed by atoms with E-state index in [4.69, 9.17) is 0 Å². The van der Waals surface area contributed by atoms with E-state index in [2.05, 4.69) is 49.3 Å². The molecule has 1 nitrogen and oxygen atoms in total. The zero-order chi connectivity index (χ0) is 17.0. The van der Waals surface area contributed by atoms with E-state index < -0.39 is 0 Å². The van der Waals surface area contributed by atoms with Gasteiger partial charge in [0.15, 0.2) is 0 Å². The third-order valence-electron chi connectivity index (χ3n) is 5.53. The molecule has 0 heterocycles. The molecular formula is C22H28FN. The van der Waals surface area contributed by atoms with Crippen LogP contribution < -0.4 is 0 Å². The van der Waals surface area contributed by atoms with Gasteiger partial charge in [-0.05, 0) is 62.0 Å². The van der Waals surface area contributed by atoms with Gasteiger partial charge in [-0.15, -0.1) is 0 Å². The Balaban J connectivity index is 1.99. The molecule has 0 bridgehead atoms. The normalized spacial score (nSPS) is 18.5. The van der Waals surface area contributed by atoms with Crippen LogP contribution in [0.3, 0.4) is 0 Å². The fourth-order valence-electron chi connectivity index (χ4n) is 4.65. The second kappa shape index (κ2) is 7.48. The maximum atomic E-state index is 13.4. The third kappa shape index (κ3) is 3.70. The standard InChI is InChI=1S/C22H28FN/c1-24(2)21(19-11-13-20(23)14-12-19)22(15-7-4-8-16-22)17-18-9-5-3-6-10-18/h3,5-6,9-14,21H,4,7-8,15-17H2,1-2H3. The molecule has 0 amide bonds. The Bertz CT molecular complexity index is 627. The molecule has 0 aliphatic heterocycles. The van der Waals surface area contributed by atoms with Crippen molar-refractivity contribution in [2.45, 2.75) is 44.6 Å². The lowest BCUT2D eigenvalue weighted by Gasteiger charge is -2.47. The Morgan fingerprint density at radius 1 is 0.917 bits per heavy atom. The topological polar surface area (TPSA) is 3.24 Å². The highest BCUT2D eigenvalue weighted by atomic mass is 19.1. The van der Waals surface area contributed by atoms with E-state index in [1.165, 1.54) is 43.2 Å². The van der Waals surface area contributed by atoms with Crippen molar-refractivity contribution >= 4 is 0 Å². The molecule has 2 aromatic rings. The first-order valence-corrected chi connectivity index (χ1v) is 9.07. The largest absolute Gasteiger partial charge is 0.302 e. The van der Waals surface area contributed by atoms with Crippen molar-refractivity contribution < 1.29 is 4.39 Å². The number of hydrogen-bond acceptors (Lipinski definition) is 1. The van der Waals surface area contributed by atoms with Crippen molar-refractivity contribution in [1.82, 2.24) is 4.90 Å². The van der Waals surface area contributed by atoms with Crippen LogP contribution in [-0.4, -0.2) is 19.0 Å². The van der Waals surface area contributed by atoms with Crippen molar-refractivity contribution in [2.75, 3.05) is 14.1 Å². The minimum absolute atomic E-state index is 0.156. The molecule has 0 N–H and O–H groups in total. The van der Waals surface area contributed by atoms with E-state index in [0.29, 0.717) is 6.04 Å². The first-order chi connectivity index (χ1) is 11.6. The van der Waals surface area contributed by atoms with Gasteiger partial charge >= 0.3 is 0 Å². The summed E-state index contributed by atoms with van der Waals surface area (Å²) in [5.74, 6) is -0.156. The monoisotopic (exact) mass is 325 g/mol. The fourth-order valence-corrected chi connectivity index (χ4v) is 4.65. The molecule has 0 aromatic heterocycles. The molecular weight excluding hydrogens is 297 g/mol. The number of hydrogen-bond donors (Lipinski definition) is 0. The number of nitrogens with zero attached hydrogens (tertiary/aromatic N) is 1. The maximum Gasteiger partial charge on any atom is 0.123 e. The maximum absolute atomic E-state index is 13.4. The number of benzene rings is 2. The minimum Gasteiger partial charge on any atom is -0.302 e. The van der Waals surface area contributed by atoms with Crippen LogP contribution >= 0.6 is 0 Å². The molecule has 1 unspecified atom stereocenters. The van der Waals surface area contributed by atoms with Gasteiger partial charge < -0.3 is 4.90 Å². The predicted molar refractivity (Wildman–Crippen MR) is 98.5 cm³/mol. The second-order valence-corrected chi connectivity index (χ2v) is 7.50. The van der Waals surface area contributed by atoms with Gasteiger partial charge in [-0.25, -0.2) is 4.39 Å². The lowest BCUT2D eigenvalue weighted by Crippen LogP contribution is -2.41. The molecule has 1 fully saturated rings. The highest BCUT2D eigenvalue weighted by Crippen LogP contribution is 2.50. The van der Waals surface area contributed by atoms with E-state index in [0.717, 1.165) is 6.42 Å². The second-order valence-electron chi connectivity index (χ2n) is 7.50. The lowest BCUT2D eigenvalue weighted by atomic mass is 9.63. The SMILES string of the molecule is CN(C)C(c1ccc(F)cc1)C1(Cc2ccccc2)CCCCC1.